The number of hydrogen-bond donors (Lipinski definition) is 1. The molecule has 1 N–H and O–H groups in total. The van der Waals surface area contributed by atoms with E-state index in [1.54, 1.807) is 19.1 Å². The smallest absolute Gasteiger partial charge is 0.276 e. The van der Waals surface area contributed by atoms with E-state index in [0.29, 0.717) is 22.3 Å². The van der Waals surface area contributed by atoms with Gasteiger partial charge >= 0.3 is 0 Å². The van der Waals surface area contributed by atoms with Gasteiger partial charge in [-0.1, -0.05) is 23.2 Å². The molecular weight excluding hydrogens is 301 g/mol. The molecule has 20 heavy (non-hydrogen) atoms. The van der Waals surface area contributed by atoms with E-state index >= 15 is 0 Å². The van der Waals surface area contributed by atoms with Crippen LogP contribution in [0, 0.1) is 0 Å². The molecule has 2 rings (SSSR count). The molecule has 1 heterocycles. The first-order valence-corrected chi connectivity index (χ1v) is 6.61. The summed E-state index contributed by atoms with van der Waals surface area (Å²) in [6, 6.07) is 7.43. The van der Waals surface area contributed by atoms with Crippen molar-refractivity contribution in [1.82, 2.24) is 9.78 Å². The van der Waals surface area contributed by atoms with Gasteiger partial charge in [-0.25, -0.2) is 4.68 Å². The van der Waals surface area contributed by atoms with Gasteiger partial charge in [-0.2, -0.15) is 5.10 Å². The molecular formula is C13H11Cl2N3O2. The lowest BCUT2D eigenvalue weighted by atomic mass is 10.3. The van der Waals surface area contributed by atoms with Crippen molar-refractivity contribution in [1.29, 1.82) is 0 Å². The second kappa shape index (κ2) is 6.07. The Kier molecular flexibility index (Phi) is 4.42. The van der Waals surface area contributed by atoms with Crippen LogP contribution in [0.25, 0.3) is 0 Å². The number of aromatic nitrogens is 2. The third-order valence-electron chi connectivity index (χ3n) is 2.58. The van der Waals surface area contributed by atoms with Gasteiger partial charge in [-0.05, 0) is 31.2 Å². The summed E-state index contributed by atoms with van der Waals surface area (Å²) in [5, 5.41) is 7.35. The fraction of sp³-hybridized carbons (Fsp3) is 0.154. The number of nitrogens with zero attached hydrogens (tertiary/aromatic N) is 2. The number of carbonyl (C=O) groups excluding carboxylic acids is 1. The van der Waals surface area contributed by atoms with Gasteiger partial charge in [-0.3, -0.25) is 9.59 Å². The highest BCUT2D eigenvalue weighted by Crippen LogP contribution is 2.25. The molecule has 0 fully saturated rings. The van der Waals surface area contributed by atoms with Gasteiger partial charge in [0.15, 0.2) is 0 Å². The van der Waals surface area contributed by atoms with E-state index in [1.807, 2.05) is 0 Å². The Morgan fingerprint density at radius 1 is 1.25 bits per heavy atom. The molecule has 0 saturated heterocycles. The largest absolute Gasteiger partial charge is 0.321 e. The Hall–Kier alpha value is -1.85. The lowest BCUT2D eigenvalue weighted by Gasteiger charge is -2.07. The van der Waals surface area contributed by atoms with Crippen LogP contribution in [0.15, 0.2) is 35.1 Å². The third-order valence-corrected chi connectivity index (χ3v) is 3.32. The molecule has 0 atom stereocenters. The first-order valence-electron chi connectivity index (χ1n) is 5.86. The zero-order valence-corrected chi connectivity index (χ0v) is 12.1. The Morgan fingerprint density at radius 2 is 2.00 bits per heavy atom. The first-order chi connectivity index (χ1) is 9.51. The fourth-order valence-corrected chi connectivity index (χ4v) is 1.86. The third kappa shape index (κ3) is 3.18. The maximum absolute atomic E-state index is 12.0. The van der Waals surface area contributed by atoms with Gasteiger partial charge in [0, 0.05) is 18.3 Å². The number of amides is 1. The monoisotopic (exact) mass is 311 g/mol. The first kappa shape index (κ1) is 14.6. The van der Waals surface area contributed by atoms with E-state index in [-0.39, 0.29) is 11.3 Å². The summed E-state index contributed by atoms with van der Waals surface area (Å²) in [6.45, 7) is 2.17. The van der Waals surface area contributed by atoms with Crippen LogP contribution in [-0.2, 0) is 6.54 Å². The Bertz CT molecular complexity index is 713. The van der Waals surface area contributed by atoms with Crippen LogP contribution in [0.3, 0.4) is 0 Å². The number of aryl methyl sites for hydroxylation is 1. The van der Waals surface area contributed by atoms with Gasteiger partial charge in [-0.15, -0.1) is 0 Å². The van der Waals surface area contributed by atoms with Crippen LogP contribution in [0.5, 0.6) is 0 Å². The summed E-state index contributed by atoms with van der Waals surface area (Å²) in [5.74, 6) is -0.425. The molecule has 5 nitrogen and oxygen atoms in total. The molecule has 7 heteroatoms. The minimum Gasteiger partial charge on any atom is -0.321 e. The van der Waals surface area contributed by atoms with Crippen molar-refractivity contribution in [2.75, 3.05) is 5.32 Å². The van der Waals surface area contributed by atoms with Crippen molar-refractivity contribution in [3.8, 4) is 0 Å². The van der Waals surface area contributed by atoms with E-state index in [1.165, 1.54) is 22.9 Å². The van der Waals surface area contributed by atoms with Crippen LogP contribution in [0.2, 0.25) is 10.0 Å². The highest BCUT2D eigenvalue weighted by molar-refractivity contribution is 6.42. The topological polar surface area (TPSA) is 64.0 Å². The molecule has 0 unspecified atom stereocenters. The standard InChI is InChI=1S/C13H11Cl2N3O2/c1-2-18-12(19)6-5-11(17-18)13(20)16-8-3-4-9(14)10(15)7-8/h3-7H,2H2,1H3,(H,16,20). The van der Waals surface area contributed by atoms with E-state index in [4.69, 9.17) is 23.2 Å². The number of carbonyl (C=O) groups is 1. The molecule has 0 saturated carbocycles. The highest BCUT2D eigenvalue weighted by Gasteiger charge is 2.10. The van der Waals surface area contributed by atoms with Gasteiger partial charge in [0.25, 0.3) is 11.5 Å². The quantitative estimate of drug-likeness (QED) is 0.948. The molecule has 0 aliphatic heterocycles. The average Bonchev–Trinajstić information content (AvgIpc) is 2.43. The molecule has 0 aliphatic carbocycles. The number of hydrogen-bond acceptors (Lipinski definition) is 3. The van der Waals surface area contributed by atoms with Crippen molar-refractivity contribution < 1.29 is 4.79 Å². The average molecular weight is 312 g/mol. The van der Waals surface area contributed by atoms with E-state index in [0.717, 1.165) is 0 Å². The summed E-state index contributed by atoms with van der Waals surface area (Å²) in [4.78, 5) is 23.4. The number of rotatable bonds is 3. The summed E-state index contributed by atoms with van der Waals surface area (Å²) >= 11 is 11.7. The van der Waals surface area contributed by atoms with E-state index in [9.17, 15) is 9.59 Å². The predicted molar refractivity (Wildman–Crippen MR) is 78.6 cm³/mol. The number of anilines is 1. The maximum Gasteiger partial charge on any atom is 0.276 e. The van der Waals surface area contributed by atoms with Gasteiger partial charge in [0.05, 0.1) is 10.0 Å². The summed E-state index contributed by atoms with van der Waals surface area (Å²) < 4.78 is 1.21. The van der Waals surface area contributed by atoms with Crippen LogP contribution in [0.4, 0.5) is 5.69 Å². The van der Waals surface area contributed by atoms with Crippen molar-refractivity contribution in [2.45, 2.75) is 13.5 Å². The maximum atomic E-state index is 12.0. The molecule has 0 bridgehead atoms. The predicted octanol–water partition coefficient (Wildman–Crippen LogP) is 2.82. The number of halogens is 2. The molecule has 2 aromatic rings. The van der Waals surface area contributed by atoms with Gasteiger partial charge < -0.3 is 5.32 Å². The fourth-order valence-electron chi connectivity index (χ4n) is 1.57. The van der Waals surface area contributed by atoms with Crippen molar-refractivity contribution in [2.24, 2.45) is 0 Å². The summed E-state index contributed by atoms with van der Waals surface area (Å²) in [6.07, 6.45) is 0. The molecule has 0 spiro atoms. The summed E-state index contributed by atoms with van der Waals surface area (Å²) in [5.41, 5.74) is 0.400. The van der Waals surface area contributed by atoms with Crippen molar-refractivity contribution >= 4 is 34.8 Å². The lowest BCUT2D eigenvalue weighted by Crippen LogP contribution is -2.25. The zero-order chi connectivity index (χ0) is 14.7. The lowest BCUT2D eigenvalue weighted by molar-refractivity contribution is 0.102. The molecule has 0 aliphatic rings. The molecule has 1 amide bonds. The molecule has 1 aromatic carbocycles. The normalized spacial score (nSPS) is 10.3. The number of nitrogens with one attached hydrogen (secondary N) is 1. The van der Waals surface area contributed by atoms with Crippen molar-refractivity contribution in [3.05, 3.63) is 56.4 Å². The van der Waals surface area contributed by atoms with Crippen LogP contribution < -0.4 is 10.9 Å². The minimum atomic E-state index is -0.425. The van der Waals surface area contributed by atoms with E-state index in [2.05, 4.69) is 10.4 Å². The van der Waals surface area contributed by atoms with Crippen LogP contribution in [0.1, 0.15) is 17.4 Å². The second-order valence-electron chi connectivity index (χ2n) is 3.96. The Labute approximate surface area is 125 Å². The molecule has 104 valence electrons. The van der Waals surface area contributed by atoms with E-state index < -0.39 is 5.91 Å². The van der Waals surface area contributed by atoms with Gasteiger partial charge in [0.2, 0.25) is 0 Å². The Balaban J connectivity index is 2.23. The summed E-state index contributed by atoms with van der Waals surface area (Å²) in [7, 11) is 0. The molecule has 0 radical (unpaired) electrons. The SMILES string of the molecule is CCn1nc(C(=O)Nc2ccc(Cl)c(Cl)c2)ccc1=O. The number of benzene rings is 1. The van der Waals surface area contributed by atoms with Crippen molar-refractivity contribution in [3.63, 3.8) is 0 Å². The second-order valence-corrected chi connectivity index (χ2v) is 4.77. The highest BCUT2D eigenvalue weighted by atomic mass is 35.5. The molecule has 1 aromatic heterocycles. The van der Waals surface area contributed by atoms with Crippen LogP contribution >= 0.6 is 23.2 Å². The van der Waals surface area contributed by atoms with Gasteiger partial charge in [0.1, 0.15) is 5.69 Å². The zero-order valence-electron chi connectivity index (χ0n) is 10.6. The minimum absolute atomic E-state index is 0.150. The van der Waals surface area contributed by atoms with Crippen LogP contribution in [-0.4, -0.2) is 15.7 Å². The Morgan fingerprint density at radius 3 is 2.65 bits per heavy atom.